The third-order valence-electron chi connectivity index (χ3n) is 4.62. The maximum atomic E-state index is 13.7. The summed E-state index contributed by atoms with van der Waals surface area (Å²) in [7, 11) is 0. The summed E-state index contributed by atoms with van der Waals surface area (Å²) in [5, 5.41) is 0. The van der Waals surface area contributed by atoms with E-state index in [1.54, 1.807) is 13.8 Å². The number of carbonyl (C=O) groups excluding carboxylic acids is 2. The van der Waals surface area contributed by atoms with Gasteiger partial charge in [-0.1, -0.05) is 0 Å². The molecule has 0 fully saturated rings. The molecule has 0 amide bonds. The van der Waals surface area contributed by atoms with E-state index in [4.69, 9.17) is 9.47 Å². The SMILES string of the molecule is CC(C)=C1Oc2c(ccc3c2[C@H](c2cc(F)c(F)c(F)c2)CC(=O)O3)C1=O. The standard InChI is InChI=1S/C20H13F3O4/c1-8(2)19-18(25)10-3-4-14-16(20(10)27-19)11(7-15(24)26-14)9-5-12(21)17(23)13(22)6-9/h3-6,11H,7H2,1-2H3/t11-/m0/s1. The summed E-state index contributed by atoms with van der Waals surface area (Å²) in [5.41, 5.74) is 1.32. The van der Waals surface area contributed by atoms with Gasteiger partial charge in [-0.15, -0.1) is 0 Å². The normalized spacial score (nSPS) is 18.0. The second kappa shape index (κ2) is 5.97. The van der Waals surface area contributed by atoms with Gasteiger partial charge in [0.25, 0.3) is 0 Å². The summed E-state index contributed by atoms with van der Waals surface area (Å²) in [6, 6.07) is 4.60. The van der Waals surface area contributed by atoms with E-state index in [1.807, 2.05) is 0 Å². The first kappa shape index (κ1) is 17.3. The van der Waals surface area contributed by atoms with Gasteiger partial charge in [0.15, 0.2) is 23.2 Å². The zero-order valence-corrected chi connectivity index (χ0v) is 14.4. The van der Waals surface area contributed by atoms with E-state index < -0.39 is 29.3 Å². The van der Waals surface area contributed by atoms with Gasteiger partial charge in [-0.3, -0.25) is 9.59 Å². The fourth-order valence-corrected chi connectivity index (χ4v) is 3.38. The van der Waals surface area contributed by atoms with Gasteiger partial charge in [-0.05, 0) is 49.2 Å². The summed E-state index contributed by atoms with van der Waals surface area (Å²) in [4.78, 5) is 24.5. The number of ether oxygens (including phenoxy) is 2. The van der Waals surface area contributed by atoms with Crippen LogP contribution in [0.1, 0.15) is 47.7 Å². The molecule has 0 N–H and O–H groups in total. The van der Waals surface area contributed by atoms with Crippen molar-refractivity contribution in [3.8, 4) is 11.5 Å². The average molecular weight is 374 g/mol. The van der Waals surface area contributed by atoms with E-state index in [9.17, 15) is 22.8 Å². The summed E-state index contributed by atoms with van der Waals surface area (Å²) < 4.78 is 51.8. The van der Waals surface area contributed by atoms with Crippen molar-refractivity contribution in [2.24, 2.45) is 0 Å². The fourth-order valence-electron chi connectivity index (χ4n) is 3.38. The fraction of sp³-hybridized carbons (Fsp3) is 0.200. The highest BCUT2D eigenvalue weighted by Gasteiger charge is 2.39. The lowest BCUT2D eigenvalue weighted by Crippen LogP contribution is -2.22. The molecule has 138 valence electrons. The molecule has 7 heteroatoms. The summed E-state index contributed by atoms with van der Waals surface area (Å²) in [6.45, 7) is 3.43. The van der Waals surface area contributed by atoms with Crippen LogP contribution in [0.15, 0.2) is 35.6 Å². The number of hydrogen-bond donors (Lipinski definition) is 0. The minimum absolute atomic E-state index is 0.0550. The number of ketones is 1. The first-order valence-corrected chi connectivity index (χ1v) is 8.20. The molecule has 27 heavy (non-hydrogen) atoms. The molecule has 0 spiro atoms. The highest BCUT2D eigenvalue weighted by Crippen LogP contribution is 2.49. The van der Waals surface area contributed by atoms with Crippen LogP contribution in [-0.4, -0.2) is 11.8 Å². The second-order valence-corrected chi connectivity index (χ2v) is 6.64. The molecule has 0 saturated heterocycles. The van der Waals surface area contributed by atoms with Gasteiger partial charge in [-0.2, -0.15) is 0 Å². The van der Waals surface area contributed by atoms with Gasteiger partial charge in [0.2, 0.25) is 5.78 Å². The Hall–Kier alpha value is -3.09. The van der Waals surface area contributed by atoms with Gasteiger partial charge < -0.3 is 9.47 Å². The Kier molecular flexibility index (Phi) is 3.83. The number of hydrogen-bond acceptors (Lipinski definition) is 4. The number of allylic oxidation sites excluding steroid dienone is 2. The van der Waals surface area contributed by atoms with Gasteiger partial charge in [0, 0.05) is 11.5 Å². The molecule has 1 atom stereocenters. The Bertz CT molecular complexity index is 1030. The number of Topliss-reactive ketones (excluding diaryl/α,β-unsaturated/α-hetero) is 1. The summed E-state index contributed by atoms with van der Waals surface area (Å²) in [5.74, 6) is -5.59. The molecule has 4 rings (SSSR count). The predicted octanol–water partition coefficient (Wildman–Crippen LogP) is 4.41. The molecular formula is C20H13F3O4. The molecule has 2 aliphatic rings. The van der Waals surface area contributed by atoms with Crippen molar-refractivity contribution >= 4 is 11.8 Å². The lowest BCUT2D eigenvalue weighted by Gasteiger charge is -2.26. The van der Waals surface area contributed by atoms with Crippen molar-refractivity contribution in [2.45, 2.75) is 26.2 Å². The van der Waals surface area contributed by atoms with E-state index in [1.165, 1.54) is 12.1 Å². The zero-order chi connectivity index (χ0) is 19.5. The molecule has 0 aromatic heterocycles. The van der Waals surface area contributed by atoms with Gasteiger partial charge in [0.05, 0.1) is 12.0 Å². The Morgan fingerprint density at radius 1 is 1.04 bits per heavy atom. The van der Waals surface area contributed by atoms with Crippen molar-refractivity contribution in [3.05, 3.63) is 69.7 Å². The van der Waals surface area contributed by atoms with Crippen molar-refractivity contribution in [1.29, 1.82) is 0 Å². The van der Waals surface area contributed by atoms with E-state index in [0.717, 1.165) is 12.1 Å². The van der Waals surface area contributed by atoms with Crippen molar-refractivity contribution in [1.82, 2.24) is 0 Å². The van der Waals surface area contributed by atoms with E-state index in [0.29, 0.717) is 11.1 Å². The van der Waals surface area contributed by atoms with Gasteiger partial charge in [-0.25, -0.2) is 13.2 Å². The lowest BCUT2D eigenvalue weighted by molar-refractivity contribution is -0.135. The molecule has 0 saturated carbocycles. The van der Waals surface area contributed by atoms with Gasteiger partial charge >= 0.3 is 5.97 Å². The molecule has 2 aliphatic heterocycles. The maximum Gasteiger partial charge on any atom is 0.312 e. The molecule has 2 aromatic rings. The van der Waals surface area contributed by atoms with Crippen LogP contribution in [0.3, 0.4) is 0 Å². The minimum Gasteiger partial charge on any atom is -0.452 e. The molecule has 0 bridgehead atoms. The van der Waals surface area contributed by atoms with Crippen LogP contribution in [0.25, 0.3) is 0 Å². The first-order valence-electron chi connectivity index (χ1n) is 8.20. The van der Waals surface area contributed by atoms with Crippen molar-refractivity contribution in [2.75, 3.05) is 0 Å². The van der Waals surface area contributed by atoms with Crippen LogP contribution in [0, 0.1) is 17.5 Å². The smallest absolute Gasteiger partial charge is 0.312 e. The van der Waals surface area contributed by atoms with Crippen LogP contribution in [0.2, 0.25) is 0 Å². The Morgan fingerprint density at radius 2 is 1.70 bits per heavy atom. The van der Waals surface area contributed by atoms with Gasteiger partial charge in [0.1, 0.15) is 11.5 Å². The third-order valence-corrected chi connectivity index (χ3v) is 4.62. The molecule has 0 aliphatic carbocycles. The number of benzene rings is 2. The van der Waals surface area contributed by atoms with E-state index >= 15 is 0 Å². The number of carbonyl (C=O) groups is 2. The molecule has 4 nitrogen and oxygen atoms in total. The van der Waals surface area contributed by atoms with Crippen molar-refractivity contribution in [3.63, 3.8) is 0 Å². The number of halogens is 3. The lowest BCUT2D eigenvalue weighted by atomic mass is 9.84. The highest BCUT2D eigenvalue weighted by atomic mass is 19.2. The summed E-state index contributed by atoms with van der Waals surface area (Å²) >= 11 is 0. The third kappa shape index (κ3) is 2.61. The number of esters is 1. The largest absolute Gasteiger partial charge is 0.452 e. The topological polar surface area (TPSA) is 52.6 Å². The molecule has 2 heterocycles. The number of fused-ring (bicyclic) bond motifs is 3. The molecule has 2 aromatic carbocycles. The van der Waals surface area contributed by atoms with E-state index in [2.05, 4.69) is 0 Å². The maximum absolute atomic E-state index is 13.7. The van der Waals surface area contributed by atoms with E-state index in [-0.39, 0.29) is 40.6 Å². The molecule has 0 radical (unpaired) electrons. The Labute approximate surface area is 152 Å². The molecular weight excluding hydrogens is 361 g/mol. The first-order chi connectivity index (χ1) is 12.8. The zero-order valence-electron chi connectivity index (χ0n) is 14.4. The second-order valence-electron chi connectivity index (χ2n) is 6.64. The average Bonchev–Trinajstić information content (AvgIpc) is 2.95. The Morgan fingerprint density at radius 3 is 2.33 bits per heavy atom. The summed E-state index contributed by atoms with van der Waals surface area (Å²) in [6.07, 6.45) is -0.227. The monoisotopic (exact) mass is 374 g/mol. The van der Waals surface area contributed by atoms with Crippen LogP contribution in [0.5, 0.6) is 11.5 Å². The quantitative estimate of drug-likeness (QED) is 0.321. The van der Waals surface area contributed by atoms with Crippen LogP contribution < -0.4 is 9.47 Å². The number of rotatable bonds is 1. The highest BCUT2D eigenvalue weighted by molar-refractivity contribution is 6.13. The molecule has 0 unspecified atom stereocenters. The minimum atomic E-state index is -1.59. The van der Waals surface area contributed by atoms with Crippen molar-refractivity contribution < 1.29 is 32.2 Å². The predicted molar refractivity (Wildman–Crippen MR) is 88.2 cm³/mol. The van der Waals surface area contributed by atoms with Crippen LogP contribution in [0.4, 0.5) is 13.2 Å². The van der Waals surface area contributed by atoms with Crippen LogP contribution in [-0.2, 0) is 4.79 Å². The Balaban J connectivity index is 1.94. The van der Waals surface area contributed by atoms with Crippen LogP contribution >= 0.6 is 0 Å².